The van der Waals surface area contributed by atoms with Gasteiger partial charge in [0.15, 0.2) is 0 Å². The van der Waals surface area contributed by atoms with E-state index in [4.69, 9.17) is 0 Å². The van der Waals surface area contributed by atoms with Gasteiger partial charge in [0.05, 0.1) is 6.04 Å². The largest absolute Gasteiger partial charge is 0.354 e. The van der Waals surface area contributed by atoms with E-state index >= 15 is 0 Å². The number of nitrogens with zero attached hydrogens (tertiary/aromatic N) is 1. The lowest BCUT2D eigenvalue weighted by molar-refractivity contribution is -0.121. The first-order chi connectivity index (χ1) is 13.8. The van der Waals surface area contributed by atoms with Gasteiger partial charge in [-0.15, -0.1) is 0 Å². The Bertz CT molecular complexity index is 931. The second-order valence-electron chi connectivity index (χ2n) is 6.74. The SMILES string of the molecule is CN(C)C(CNC(=O)CCNS(=O)(=O)/C=C/c1ccccc1)c1cccc(F)c1. The van der Waals surface area contributed by atoms with E-state index in [0.717, 1.165) is 16.5 Å². The molecule has 2 aromatic carbocycles. The monoisotopic (exact) mass is 419 g/mol. The zero-order valence-electron chi connectivity index (χ0n) is 16.5. The molecule has 0 aromatic heterocycles. The van der Waals surface area contributed by atoms with Gasteiger partial charge in [-0.2, -0.15) is 0 Å². The van der Waals surface area contributed by atoms with Crippen molar-refractivity contribution in [2.75, 3.05) is 27.2 Å². The van der Waals surface area contributed by atoms with E-state index in [1.54, 1.807) is 24.3 Å². The van der Waals surface area contributed by atoms with Gasteiger partial charge >= 0.3 is 0 Å². The van der Waals surface area contributed by atoms with Gasteiger partial charge in [0, 0.05) is 24.9 Å². The van der Waals surface area contributed by atoms with E-state index in [-0.39, 0.29) is 37.3 Å². The summed E-state index contributed by atoms with van der Waals surface area (Å²) in [7, 11) is 0.0560. The maximum absolute atomic E-state index is 13.5. The van der Waals surface area contributed by atoms with Crippen LogP contribution in [0, 0.1) is 5.82 Å². The third-order valence-corrected chi connectivity index (χ3v) is 5.34. The molecule has 1 unspecified atom stereocenters. The second kappa shape index (κ2) is 10.8. The average Bonchev–Trinajstić information content (AvgIpc) is 2.67. The highest BCUT2D eigenvalue weighted by atomic mass is 32.2. The van der Waals surface area contributed by atoms with Gasteiger partial charge < -0.3 is 10.2 Å². The van der Waals surface area contributed by atoms with Crippen molar-refractivity contribution in [3.63, 3.8) is 0 Å². The smallest absolute Gasteiger partial charge is 0.233 e. The Labute approximate surface area is 171 Å². The van der Waals surface area contributed by atoms with Crippen molar-refractivity contribution in [3.05, 3.63) is 76.9 Å². The molecule has 29 heavy (non-hydrogen) atoms. The minimum absolute atomic E-state index is 0.00169. The zero-order chi connectivity index (χ0) is 21.3. The number of carbonyl (C=O) groups is 1. The van der Waals surface area contributed by atoms with Crippen LogP contribution >= 0.6 is 0 Å². The molecule has 0 aliphatic heterocycles. The minimum Gasteiger partial charge on any atom is -0.354 e. The second-order valence-corrected chi connectivity index (χ2v) is 8.39. The van der Waals surface area contributed by atoms with Crippen LogP contribution in [0.3, 0.4) is 0 Å². The van der Waals surface area contributed by atoms with Gasteiger partial charge in [-0.05, 0) is 43.4 Å². The minimum atomic E-state index is -3.63. The number of hydrogen-bond acceptors (Lipinski definition) is 4. The van der Waals surface area contributed by atoms with Crippen LogP contribution in [0.1, 0.15) is 23.6 Å². The van der Waals surface area contributed by atoms with Gasteiger partial charge in [0.1, 0.15) is 5.82 Å². The molecule has 0 fully saturated rings. The van der Waals surface area contributed by atoms with Crippen LogP contribution < -0.4 is 10.0 Å². The van der Waals surface area contributed by atoms with Gasteiger partial charge in [0.2, 0.25) is 15.9 Å². The fourth-order valence-electron chi connectivity index (χ4n) is 2.70. The standard InChI is InChI=1S/C21H26FN3O3S/c1-25(2)20(18-9-6-10-19(22)15-18)16-23-21(26)11-13-24-29(27,28)14-12-17-7-4-3-5-8-17/h3-10,12,14-15,20,24H,11,13,16H2,1-2H3,(H,23,26)/b14-12+. The molecular formula is C21H26FN3O3S. The fraction of sp³-hybridized carbons (Fsp3) is 0.286. The molecule has 0 aliphatic carbocycles. The molecule has 0 aliphatic rings. The molecule has 0 radical (unpaired) electrons. The highest BCUT2D eigenvalue weighted by Gasteiger charge is 2.16. The quantitative estimate of drug-likeness (QED) is 0.620. The summed E-state index contributed by atoms with van der Waals surface area (Å²) >= 11 is 0. The number of hydrogen-bond donors (Lipinski definition) is 2. The number of likely N-dealkylation sites (N-methyl/N-ethyl adjacent to an activating group) is 1. The number of amides is 1. The normalized spacial score (nSPS) is 13.0. The highest BCUT2D eigenvalue weighted by molar-refractivity contribution is 7.92. The molecule has 0 bridgehead atoms. The van der Waals surface area contributed by atoms with Crippen LogP contribution in [0.5, 0.6) is 0 Å². The molecule has 6 nitrogen and oxygen atoms in total. The molecule has 0 spiro atoms. The van der Waals surface area contributed by atoms with Gasteiger partial charge in [-0.1, -0.05) is 42.5 Å². The first-order valence-corrected chi connectivity index (χ1v) is 10.7. The summed E-state index contributed by atoms with van der Waals surface area (Å²) in [6, 6.07) is 15.1. The molecule has 1 amide bonds. The van der Waals surface area contributed by atoms with E-state index in [1.165, 1.54) is 18.2 Å². The van der Waals surface area contributed by atoms with Crippen LogP contribution in [0.15, 0.2) is 60.0 Å². The summed E-state index contributed by atoms with van der Waals surface area (Å²) in [5.74, 6) is -0.623. The number of halogens is 1. The van der Waals surface area contributed by atoms with Gasteiger partial charge in [0.25, 0.3) is 0 Å². The van der Waals surface area contributed by atoms with Crippen molar-refractivity contribution in [2.24, 2.45) is 0 Å². The number of nitrogens with one attached hydrogen (secondary N) is 2. The van der Waals surface area contributed by atoms with Crippen molar-refractivity contribution in [1.29, 1.82) is 0 Å². The van der Waals surface area contributed by atoms with E-state index < -0.39 is 10.0 Å². The molecule has 156 valence electrons. The molecule has 2 rings (SSSR count). The van der Waals surface area contributed by atoms with Gasteiger partial charge in [-0.3, -0.25) is 4.79 Å². The molecule has 0 saturated heterocycles. The topological polar surface area (TPSA) is 78.5 Å². The summed E-state index contributed by atoms with van der Waals surface area (Å²) in [5, 5.41) is 3.85. The van der Waals surface area contributed by atoms with Crippen LogP contribution in [-0.2, 0) is 14.8 Å². The summed E-state index contributed by atoms with van der Waals surface area (Å²) < 4.78 is 39.8. The van der Waals surface area contributed by atoms with Crippen molar-refractivity contribution in [3.8, 4) is 0 Å². The predicted octanol–water partition coefficient (Wildman–Crippen LogP) is 2.53. The molecular weight excluding hydrogens is 393 g/mol. The van der Waals surface area contributed by atoms with E-state index in [0.29, 0.717) is 0 Å². The predicted molar refractivity (Wildman–Crippen MR) is 113 cm³/mol. The van der Waals surface area contributed by atoms with Crippen molar-refractivity contribution in [2.45, 2.75) is 12.5 Å². The Hall–Kier alpha value is -2.55. The van der Waals surface area contributed by atoms with Crippen molar-refractivity contribution in [1.82, 2.24) is 14.9 Å². The lowest BCUT2D eigenvalue weighted by atomic mass is 10.1. The first kappa shape index (κ1) is 22.7. The maximum Gasteiger partial charge on any atom is 0.233 e. The lowest BCUT2D eigenvalue weighted by Crippen LogP contribution is -2.36. The van der Waals surface area contributed by atoms with E-state index in [2.05, 4.69) is 10.0 Å². The summed E-state index contributed by atoms with van der Waals surface area (Å²) in [5.41, 5.74) is 1.52. The Morgan fingerprint density at radius 1 is 1.14 bits per heavy atom. The lowest BCUT2D eigenvalue weighted by Gasteiger charge is -2.25. The molecule has 2 aromatic rings. The third-order valence-electron chi connectivity index (χ3n) is 4.24. The van der Waals surface area contributed by atoms with Crippen LogP contribution in [-0.4, -0.2) is 46.4 Å². The van der Waals surface area contributed by atoms with Crippen LogP contribution in [0.2, 0.25) is 0 Å². The van der Waals surface area contributed by atoms with Gasteiger partial charge in [-0.25, -0.2) is 17.5 Å². The van der Waals surface area contributed by atoms with E-state index in [9.17, 15) is 17.6 Å². The number of rotatable bonds is 10. The summed E-state index contributed by atoms with van der Waals surface area (Å²) in [4.78, 5) is 14.0. The molecule has 8 heteroatoms. The fourth-order valence-corrected chi connectivity index (χ4v) is 3.52. The average molecular weight is 420 g/mol. The van der Waals surface area contributed by atoms with E-state index in [1.807, 2.05) is 37.2 Å². The molecule has 2 N–H and O–H groups in total. The zero-order valence-corrected chi connectivity index (χ0v) is 17.3. The van der Waals surface area contributed by atoms with Crippen molar-refractivity contribution < 1.29 is 17.6 Å². The third kappa shape index (κ3) is 8.15. The molecule has 1 atom stereocenters. The Morgan fingerprint density at radius 2 is 1.86 bits per heavy atom. The number of sulfonamides is 1. The molecule has 0 saturated carbocycles. The van der Waals surface area contributed by atoms with Crippen LogP contribution in [0.4, 0.5) is 4.39 Å². The van der Waals surface area contributed by atoms with Crippen molar-refractivity contribution >= 4 is 22.0 Å². The Balaban J connectivity index is 1.80. The first-order valence-electron chi connectivity index (χ1n) is 9.18. The number of benzene rings is 2. The highest BCUT2D eigenvalue weighted by Crippen LogP contribution is 2.18. The Morgan fingerprint density at radius 3 is 2.52 bits per heavy atom. The Kier molecular flexibility index (Phi) is 8.50. The van der Waals surface area contributed by atoms with Crippen LogP contribution in [0.25, 0.3) is 6.08 Å². The molecule has 0 heterocycles. The summed E-state index contributed by atoms with van der Waals surface area (Å²) in [6.45, 7) is 0.274. The number of carbonyl (C=O) groups excluding carboxylic acids is 1. The maximum atomic E-state index is 13.5. The summed E-state index contributed by atoms with van der Waals surface area (Å²) in [6.07, 6.45) is 1.49.